The summed E-state index contributed by atoms with van der Waals surface area (Å²) >= 11 is 0. The first-order valence-electron chi connectivity index (χ1n) is 5.40. The van der Waals surface area contributed by atoms with Crippen molar-refractivity contribution in [2.75, 3.05) is 0 Å². The summed E-state index contributed by atoms with van der Waals surface area (Å²) in [4.78, 5) is 0. The van der Waals surface area contributed by atoms with Gasteiger partial charge in [-0.15, -0.1) is 5.10 Å². The Balaban J connectivity index is 2.56. The topological polar surface area (TPSA) is 86.0 Å². The molecular formula is C12H18N4O. The van der Waals surface area contributed by atoms with Gasteiger partial charge in [0.15, 0.2) is 0 Å². The molecule has 0 aliphatic carbocycles. The van der Waals surface area contributed by atoms with Gasteiger partial charge in [-0.2, -0.15) is 5.10 Å². The van der Waals surface area contributed by atoms with E-state index >= 15 is 0 Å². The maximum Gasteiger partial charge on any atom is 0.211 e. The minimum Gasteiger partial charge on any atom is -0.374 e. The molecule has 1 aromatic carbocycles. The number of rotatable bonds is 5. The van der Waals surface area contributed by atoms with Gasteiger partial charge in [0.2, 0.25) is 5.96 Å². The highest BCUT2D eigenvalue weighted by atomic mass is 16.5. The lowest BCUT2D eigenvalue weighted by Crippen LogP contribution is -2.21. The Kier molecular flexibility index (Phi) is 5.16. The monoisotopic (exact) mass is 234 g/mol. The maximum absolute atomic E-state index is 5.49. The van der Waals surface area contributed by atoms with Crippen LogP contribution in [0.5, 0.6) is 0 Å². The average molecular weight is 234 g/mol. The van der Waals surface area contributed by atoms with E-state index in [-0.39, 0.29) is 12.1 Å². The Labute approximate surface area is 101 Å². The van der Waals surface area contributed by atoms with Gasteiger partial charge < -0.3 is 16.2 Å². The molecule has 0 unspecified atom stereocenters. The van der Waals surface area contributed by atoms with Gasteiger partial charge in [0.05, 0.1) is 18.9 Å². The van der Waals surface area contributed by atoms with Crippen molar-refractivity contribution in [3.05, 3.63) is 35.4 Å². The SMILES string of the molecule is CC(C)OCc1ccc(C=NN=C(N)N)cc1. The van der Waals surface area contributed by atoms with Crippen molar-refractivity contribution in [1.82, 2.24) is 0 Å². The molecule has 0 aromatic heterocycles. The lowest BCUT2D eigenvalue weighted by Gasteiger charge is -2.07. The fourth-order valence-corrected chi connectivity index (χ4v) is 1.13. The minimum absolute atomic E-state index is 0.0526. The second-order valence-corrected chi connectivity index (χ2v) is 3.87. The van der Waals surface area contributed by atoms with Gasteiger partial charge in [0.1, 0.15) is 0 Å². The van der Waals surface area contributed by atoms with Crippen molar-refractivity contribution in [2.45, 2.75) is 26.6 Å². The van der Waals surface area contributed by atoms with E-state index < -0.39 is 0 Å². The zero-order valence-electron chi connectivity index (χ0n) is 10.1. The highest BCUT2D eigenvalue weighted by Gasteiger charge is 1.96. The molecular weight excluding hydrogens is 216 g/mol. The van der Waals surface area contributed by atoms with Gasteiger partial charge in [-0.05, 0) is 25.0 Å². The third-order valence-corrected chi connectivity index (χ3v) is 1.94. The lowest BCUT2D eigenvalue weighted by molar-refractivity contribution is 0.0657. The molecule has 0 aliphatic heterocycles. The number of nitrogens with zero attached hydrogens (tertiary/aromatic N) is 2. The molecule has 1 rings (SSSR count). The number of guanidine groups is 1. The number of hydrogen-bond acceptors (Lipinski definition) is 3. The molecule has 4 N–H and O–H groups in total. The van der Waals surface area contributed by atoms with Crippen LogP contribution >= 0.6 is 0 Å². The molecule has 0 heterocycles. The number of ether oxygens (including phenoxy) is 1. The van der Waals surface area contributed by atoms with Crippen LogP contribution in [0.4, 0.5) is 0 Å². The molecule has 17 heavy (non-hydrogen) atoms. The standard InChI is InChI=1S/C12H18N4O/c1-9(2)17-8-11-5-3-10(4-6-11)7-15-16-12(13)14/h3-7,9H,8H2,1-2H3,(H4,13,14,16). The lowest BCUT2D eigenvalue weighted by atomic mass is 10.1. The van der Waals surface area contributed by atoms with Crippen molar-refractivity contribution in [3.8, 4) is 0 Å². The summed E-state index contributed by atoms with van der Waals surface area (Å²) in [5.74, 6) is -0.0526. The Morgan fingerprint density at radius 2 is 1.94 bits per heavy atom. The predicted molar refractivity (Wildman–Crippen MR) is 69.8 cm³/mol. The summed E-state index contributed by atoms with van der Waals surface area (Å²) in [5.41, 5.74) is 12.3. The second kappa shape index (κ2) is 6.65. The van der Waals surface area contributed by atoms with Crippen molar-refractivity contribution < 1.29 is 4.74 Å². The Morgan fingerprint density at radius 3 is 2.47 bits per heavy atom. The van der Waals surface area contributed by atoms with E-state index in [0.29, 0.717) is 6.61 Å². The van der Waals surface area contributed by atoms with E-state index in [1.165, 1.54) is 0 Å². The van der Waals surface area contributed by atoms with Crippen LogP contribution in [0.15, 0.2) is 34.5 Å². The van der Waals surface area contributed by atoms with Gasteiger partial charge in [-0.25, -0.2) is 0 Å². The van der Waals surface area contributed by atoms with E-state index in [0.717, 1.165) is 11.1 Å². The molecule has 0 saturated heterocycles. The molecule has 92 valence electrons. The van der Waals surface area contributed by atoms with E-state index in [4.69, 9.17) is 16.2 Å². The normalized spacial score (nSPS) is 11.0. The average Bonchev–Trinajstić information content (AvgIpc) is 2.27. The van der Waals surface area contributed by atoms with E-state index in [9.17, 15) is 0 Å². The molecule has 0 bridgehead atoms. The Bertz CT molecular complexity index is 391. The summed E-state index contributed by atoms with van der Waals surface area (Å²) in [7, 11) is 0. The molecule has 0 fully saturated rings. The first kappa shape index (κ1) is 13.2. The van der Waals surface area contributed by atoms with Gasteiger partial charge in [-0.1, -0.05) is 24.3 Å². The summed E-state index contributed by atoms with van der Waals surface area (Å²) in [6.45, 7) is 4.63. The fraction of sp³-hybridized carbons (Fsp3) is 0.333. The molecule has 0 spiro atoms. The first-order chi connectivity index (χ1) is 8.08. The van der Waals surface area contributed by atoms with E-state index in [2.05, 4.69) is 10.2 Å². The first-order valence-corrected chi connectivity index (χ1v) is 5.40. The Hall–Kier alpha value is -1.88. The smallest absolute Gasteiger partial charge is 0.211 e. The third-order valence-electron chi connectivity index (χ3n) is 1.94. The van der Waals surface area contributed by atoms with Crippen molar-refractivity contribution >= 4 is 12.2 Å². The van der Waals surface area contributed by atoms with Gasteiger partial charge >= 0.3 is 0 Å². The van der Waals surface area contributed by atoms with E-state index in [1.54, 1.807) is 6.21 Å². The molecule has 5 nitrogen and oxygen atoms in total. The fourth-order valence-electron chi connectivity index (χ4n) is 1.13. The number of nitrogens with two attached hydrogens (primary N) is 2. The van der Waals surface area contributed by atoms with Crippen molar-refractivity contribution in [3.63, 3.8) is 0 Å². The highest BCUT2D eigenvalue weighted by molar-refractivity contribution is 5.81. The minimum atomic E-state index is -0.0526. The summed E-state index contributed by atoms with van der Waals surface area (Å²) in [5, 5.41) is 7.25. The molecule has 0 atom stereocenters. The zero-order chi connectivity index (χ0) is 12.7. The van der Waals surface area contributed by atoms with E-state index in [1.807, 2.05) is 38.1 Å². The quantitative estimate of drug-likeness (QED) is 0.456. The van der Waals surface area contributed by atoms with Crippen LogP contribution in [0.1, 0.15) is 25.0 Å². The summed E-state index contributed by atoms with van der Waals surface area (Å²) < 4.78 is 5.49. The van der Waals surface area contributed by atoms with Crippen molar-refractivity contribution in [2.24, 2.45) is 21.7 Å². The third kappa shape index (κ3) is 5.67. The summed E-state index contributed by atoms with van der Waals surface area (Å²) in [6.07, 6.45) is 1.82. The van der Waals surface area contributed by atoms with Gasteiger partial charge in [0.25, 0.3) is 0 Å². The van der Waals surface area contributed by atoms with Gasteiger partial charge in [0, 0.05) is 0 Å². The van der Waals surface area contributed by atoms with Crippen LogP contribution in [0.25, 0.3) is 0 Å². The van der Waals surface area contributed by atoms with Crippen LogP contribution in [0, 0.1) is 0 Å². The molecule has 0 radical (unpaired) electrons. The Morgan fingerprint density at radius 1 is 1.29 bits per heavy atom. The predicted octanol–water partition coefficient (Wildman–Crippen LogP) is 1.22. The molecule has 1 aromatic rings. The molecule has 5 heteroatoms. The van der Waals surface area contributed by atoms with Gasteiger partial charge in [-0.3, -0.25) is 0 Å². The van der Waals surface area contributed by atoms with Crippen LogP contribution in [-0.4, -0.2) is 18.3 Å². The molecule has 0 saturated carbocycles. The maximum atomic E-state index is 5.49. The van der Waals surface area contributed by atoms with Crippen LogP contribution in [0.3, 0.4) is 0 Å². The zero-order valence-corrected chi connectivity index (χ0v) is 10.1. The second-order valence-electron chi connectivity index (χ2n) is 3.87. The van der Waals surface area contributed by atoms with Crippen molar-refractivity contribution in [1.29, 1.82) is 0 Å². The number of hydrogen-bond donors (Lipinski definition) is 2. The summed E-state index contributed by atoms with van der Waals surface area (Å²) in [6, 6.07) is 7.84. The van der Waals surface area contributed by atoms with Crippen LogP contribution < -0.4 is 11.5 Å². The highest BCUT2D eigenvalue weighted by Crippen LogP contribution is 2.05. The largest absolute Gasteiger partial charge is 0.374 e. The van der Waals surface area contributed by atoms with Crippen LogP contribution in [0.2, 0.25) is 0 Å². The molecule has 0 aliphatic rings. The number of benzene rings is 1. The van der Waals surface area contributed by atoms with Crippen LogP contribution in [-0.2, 0) is 11.3 Å². The molecule has 0 amide bonds.